The molecule has 4 nitrogen and oxygen atoms in total. The number of anilines is 1. The molecule has 1 aliphatic rings. The second kappa shape index (κ2) is 5.92. The third-order valence-corrected chi connectivity index (χ3v) is 4.88. The summed E-state index contributed by atoms with van der Waals surface area (Å²) in [5, 5.41) is 0.348. The van der Waals surface area contributed by atoms with Crippen LogP contribution in [0.5, 0.6) is 0 Å². The van der Waals surface area contributed by atoms with Crippen molar-refractivity contribution in [1.29, 1.82) is 0 Å². The summed E-state index contributed by atoms with van der Waals surface area (Å²) in [6.07, 6.45) is 2.10. The minimum atomic E-state index is -1.42. The molecule has 104 valence electrons. The van der Waals surface area contributed by atoms with Crippen molar-refractivity contribution in [2.75, 3.05) is 18.0 Å². The fourth-order valence-electron chi connectivity index (χ4n) is 2.00. The monoisotopic (exact) mass is 300 g/mol. The van der Waals surface area contributed by atoms with E-state index >= 15 is 0 Å². The smallest absolute Gasteiger partial charge is 0.235 e. The predicted molar refractivity (Wildman–Crippen MR) is 77.5 cm³/mol. The van der Waals surface area contributed by atoms with Crippen molar-refractivity contribution >= 4 is 34.0 Å². The highest BCUT2D eigenvalue weighted by molar-refractivity contribution is 7.85. The molecular weight excluding hydrogens is 284 g/mol. The average Bonchev–Trinajstić information content (AvgIpc) is 3.14. The van der Waals surface area contributed by atoms with Crippen molar-refractivity contribution in [3.05, 3.63) is 23.2 Å². The molecule has 1 unspecified atom stereocenters. The number of carbonyl (C=O) groups excluding carboxylic acids is 1. The van der Waals surface area contributed by atoms with Crippen LogP contribution in [0.4, 0.5) is 5.69 Å². The van der Waals surface area contributed by atoms with E-state index in [1.54, 1.807) is 23.1 Å². The molecule has 0 bridgehead atoms. The van der Waals surface area contributed by atoms with Gasteiger partial charge in [0.05, 0.1) is 20.7 Å². The van der Waals surface area contributed by atoms with E-state index in [1.165, 1.54) is 0 Å². The Balaban J connectivity index is 2.05. The van der Waals surface area contributed by atoms with Gasteiger partial charge >= 0.3 is 0 Å². The molecule has 1 aromatic rings. The molecule has 1 aromatic carbocycles. The number of carbonyl (C=O) groups is 1. The van der Waals surface area contributed by atoms with Crippen LogP contribution < -0.4 is 5.73 Å². The van der Waals surface area contributed by atoms with E-state index in [2.05, 4.69) is 0 Å². The van der Waals surface area contributed by atoms with Gasteiger partial charge in [0.25, 0.3) is 0 Å². The van der Waals surface area contributed by atoms with Crippen LogP contribution in [0.1, 0.15) is 19.8 Å². The van der Waals surface area contributed by atoms with Crippen LogP contribution in [0, 0.1) is 0 Å². The van der Waals surface area contributed by atoms with Gasteiger partial charge in [-0.2, -0.15) is 0 Å². The standard InChI is InChI=1S/C13H17ClN2O2S/c1-2-16(10-4-5-10)13(17)8-19(18)12-6-3-9(15)7-11(12)14/h3,6-7,10H,2,4-5,8,15H2,1H3. The second-order valence-corrected chi connectivity index (χ2v) is 6.42. The number of nitrogens with two attached hydrogens (primary N) is 1. The molecule has 2 N–H and O–H groups in total. The molecule has 0 aliphatic heterocycles. The molecule has 0 heterocycles. The number of benzene rings is 1. The van der Waals surface area contributed by atoms with Gasteiger partial charge in [0.15, 0.2) is 0 Å². The molecule has 1 atom stereocenters. The summed E-state index contributed by atoms with van der Waals surface area (Å²) in [6.45, 7) is 2.60. The number of halogens is 1. The zero-order valence-electron chi connectivity index (χ0n) is 10.8. The van der Waals surface area contributed by atoms with Gasteiger partial charge in [0, 0.05) is 18.3 Å². The summed E-state index contributed by atoms with van der Waals surface area (Å²) in [6, 6.07) is 5.16. The fraction of sp³-hybridized carbons (Fsp3) is 0.462. The third-order valence-electron chi connectivity index (χ3n) is 3.10. The van der Waals surface area contributed by atoms with Crippen molar-refractivity contribution in [2.45, 2.75) is 30.7 Å². The summed E-state index contributed by atoms with van der Waals surface area (Å²) < 4.78 is 12.2. The summed E-state index contributed by atoms with van der Waals surface area (Å²) in [5.74, 6) is -0.0928. The van der Waals surface area contributed by atoms with E-state index in [0.717, 1.165) is 12.8 Å². The summed E-state index contributed by atoms with van der Waals surface area (Å²) in [5.41, 5.74) is 6.11. The van der Waals surface area contributed by atoms with Crippen molar-refractivity contribution < 1.29 is 9.00 Å². The molecule has 1 fully saturated rings. The Morgan fingerprint density at radius 1 is 1.53 bits per heavy atom. The van der Waals surface area contributed by atoms with Crippen LogP contribution in [0.2, 0.25) is 5.02 Å². The molecule has 0 spiro atoms. The molecular formula is C13H17ClN2O2S. The van der Waals surface area contributed by atoms with Gasteiger partial charge in [-0.05, 0) is 38.0 Å². The lowest BCUT2D eigenvalue weighted by Gasteiger charge is -2.20. The minimum absolute atomic E-state index is 0.0199. The van der Waals surface area contributed by atoms with E-state index in [9.17, 15) is 9.00 Å². The first-order valence-corrected chi connectivity index (χ1v) is 7.95. The summed E-state index contributed by atoms with van der Waals surface area (Å²) in [4.78, 5) is 14.3. The van der Waals surface area contributed by atoms with Crippen molar-refractivity contribution in [1.82, 2.24) is 4.90 Å². The molecule has 6 heteroatoms. The highest BCUT2D eigenvalue weighted by atomic mass is 35.5. The zero-order chi connectivity index (χ0) is 14.0. The lowest BCUT2D eigenvalue weighted by atomic mass is 10.3. The van der Waals surface area contributed by atoms with E-state index < -0.39 is 10.8 Å². The maximum Gasteiger partial charge on any atom is 0.235 e. The van der Waals surface area contributed by atoms with Crippen molar-refractivity contribution in [3.63, 3.8) is 0 Å². The van der Waals surface area contributed by atoms with Crippen LogP contribution in [0.25, 0.3) is 0 Å². The second-order valence-electron chi connectivity index (χ2n) is 4.59. The zero-order valence-corrected chi connectivity index (χ0v) is 12.3. The number of hydrogen-bond acceptors (Lipinski definition) is 3. The maximum atomic E-state index is 12.2. The first kappa shape index (κ1) is 14.3. The Kier molecular flexibility index (Phi) is 4.47. The van der Waals surface area contributed by atoms with Crippen molar-refractivity contribution in [3.8, 4) is 0 Å². The van der Waals surface area contributed by atoms with E-state index in [-0.39, 0.29) is 11.7 Å². The Morgan fingerprint density at radius 2 is 2.21 bits per heavy atom. The van der Waals surface area contributed by atoms with Gasteiger partial charge in [0.1, 0.15) is 5.75 Å². The Bertz CT molecular complexity index is 517. The number of hydrogen-bond donors (Lipinski definition) is 1. The summed E-state index contributed by atoms with van der Waals surface area (Å²) >= 11 is 6.00. The SMILES string of the molecule is CCN(C(=O)CS(=O)c1ccc(N)cc1Cl)C1CC1. The molecule has 1 amide bonds. The minimum Gasteiger partial charge on any atom is -0.399 e. The lowest BCUT2D eigenvalue weighted by Crippen LogP contribution is -2.36. The lowest BCUT2D eigenvalue weighted by molar-refractivity contribution is -0.128. The number of rotatable bonds is 5. The van der Waals surface area contributed by atoms with E-state index in [0.29, 0.717) is 28.2 Å². The van der Waals surface area contributed by atoms with Gasteiger partial charge in [-0.25, -0.2) is 0 Å². The normalized spacial score (nSPS) is 16.1. The van der Waals surface area contributed by atoms with Crippen LogP contribution in [0.3, 0.4) is 0 Å². The first-order valence-electron chi connectivity index (χ1n) is 6.25. The number of nitrogens with zero attached hydrogens (tertiary/aromatic N) is 1. The van der Waals surface area contributed by atoms with E-state index in [1.807, 2.05) is 6.92 Å². The molecule has 1 saturated carbocycles. The van der Waals surface area contributed by atoms with Gasteiger partial charge in [-0.3, -0.25) is 9.00 Å². The topological polar surface area (TPSA) is 63.4 Å². The van der Waals surface area contributed by atoms with Crippen molar-refractivity contribution in [2.24, 2.45) is 0 Å². The molecule has 1 aliphatic carbocycles. The molecule has 0 saturated heterocycles. The predicted octanol–water partition coefficient (Wildman–Crippen LogP) is 2.04. The fourth-order valence-corrected chi connectivity index (χ4v) is 3.49. The number of amides is 1. The van der Waals surface area contributed by atoms with Crippen LogP contribution >= 0.6 is 11.6 Å². The molecule has 19 heavy (non-hydrogen) atoms. The number of nitrogen functional groups attached to an aromatic ring is 1. The molecule has 2 rings (SSSR count). The van der Waals surface area contributed by atoms with E-state index in [4.69, 9.17) is 17.3 Å². The average molecular weight is 301 g/mol. The van der Waals surface area contributed by atoms with Crippen LogP contribution in [-0.4, -0.2) is 33.4 Å². The van der Waals surface area contributed by atoms with Gasteiger partial charge in [0.2, 0.25) is 5.91 Å². The Labute approximate surface area is 120 Å². The molecule has 0 aromatic heterocycles. The maximum absolute atomic E-state index is 12.2. The highest BCUT2D eigenvalue weighted by Crippen LogP contribution is 2.27. The van der Waals surface area contributed by atoms with Crippen LogP contribution in [-0.2, 0) is 15.6 Å². The summed E-state index contributed by atoms with van der Waals surface area (Å²) in [7, 11) is -1.42. The largest absolute Gasteiger partial charge is 0.399 e. The Hall–Kier alpha value is -1.07. The molecule has 0 radical (unpaired) electrons. The third kappa shape index (κ3) is 3.48. The first-order chi connectivity index (χ1) is 9.02. The Morgan fingerprint density at radius 3 is 2.74 bits per heavy atom. The quantitative estimate of drug-likeness (QED) is 0.846. The highest BCUT2D eigenvalue weighted by Gasteiger charge is 2.32. The van der Waals surface area contributed by atoms with Gasteiger partial charge in [-0.1, -0.05) is 11.6 Å². The van der Waals surface area contributed by atoms with Crippen LogP contribution in [0.15, 0.2) is 23.1 Å². The van der Waals surface area contributed by atoms with Gasteiger partial charge < -0.3 is 10.6 Å². The van der Waals surface area contributed by atoms with Gasteiger partial charge in [-0.15, -0.1) is 0 Å².